The number of benzene rings is 1. The van der Waals surface area contributed by atoms with Gasteiger partial charge in [0.2, 0.25) is 0 Å². The summed E-state index contributed by atoms with van der Waals surface area (Å²) >= 11 is 0. The number of ether oxygens (including phenoxy) is 3. The van der Waals surface area contributed by atoms with Crippen molar-refractivity contribution in [3.8, 4) is 11.5 Å². The van der Waals surface area contributed by atoms with Crippen LogP contribution in [0.4, 0.5) is 11.5 Å². The number of aliphatic hydroxyl groups is 2. The van der Waals surface area contributed by atoms with Crippen LogP contribution in [0.3, 0.4) is 0 Å². The molecule has 0 aliphatic carbocycles. The molecule has 2 aromatic rings. The number of hydrogen-bond donors (Lipinski definition) is 3. The second kappa shape index (κ2) is 7.04. The Hall–Kier alpha value is -2.46. The number of rotatable bonds is 3. The Morgan fingerprint density at radius 2 is 2.12 bits per heavy atom. The molecule has 0 spiro atoms. The topological polar surface area (TPSA) is 115 Å². The Morgan fingerprint density at radius 3 is 2.85 bits per heavy atom. The Labute approximate surface area is 149 Å². The van der Waals surface area contributed by atoms with Gasteiger partial charge in [0.15, 0.2) is 23.5 Å². The maximum Gasteiger partial charge on any atom is 0.351 e. The highest BCUT2D eigenvalue weighted by atomic mass is 16.6. The molecule has 0 saturated carbocycles. The number of nitrogens with zero attached hydrogens (tertiary/aromatic N) is 2. The van der Waals surface area contributed by atoms with E-state index in [1.54, 1.807) is 6.07 Å². The summed E-state index contributed by atoms with van der Waals surface area (Å²) in [5.74, 6) is 1.25. The first kappa shape index (κ1) is 18.3. The molecule has 1 aromatic carbocycles. The summed E-state index contributed by atoms with van der Waals surface area (Å²) in [6.07, 6.45) is -2.21. The molecule has 4 unspecified atom stereocenters. The molecule has 1 aromatic heterocycles. The summed E-state index contributed by atoms with van der Waals surface area (Å²) in [5, 5.41) is 22.5. The highest BCUT2D eigenvalue weighted by molar-refractivity contribution is 5.72. The second-order valence-corrected chi connectivity index (χ2v) is 5.81. The number of aromatic nitrogens is 2. The molecule has 0 amide bonds. The van der Waals surface area contributed by atoms with Crippen LogP contribution in [-0.4, -0.2) is 51.8 Å². The lowest BCUT2D eigenvalue weighted by Crippen LogP contribution is -2.37. The summed E-state index contributed by atoms with van der Waals surface area (Å²) in [6, 6.07) is 7.27. The average Bonchev–Trinajstić information content (AvgIpc) is 2.95. The Balaban J connectivity index is 0.00000196. The van der Waals surface area contributed by atoms with E-state index in [-0.39, 0.29) is 7.43 Å². The van der Waals surface area contributed by atoms with Gasteiger partial charge in [-0.3, -0.25) is 4.57 Å². The van der Waals surface area contributed by atoms with Gasteiger partial charge in [-0.25, -0.2) is 4.79 Å². The van der Waals surface area contributed by atoms with Crippen molar-refractivity contribution < 1.29 is 24.4 Å². The number of hydrogen-bond acceptors (Lipinski definition) is 8. The number of aliphatic hydroxyl groups excluding tert-OH is 2. The van der Waals surface area contributed by atoms with E-state index in [0.717, 1.165) is 0 Å². The van der Waals surface area contributed by atoms with E-state index in [9.17, 15) is 15.0 Å². The largest absolute Gasteiger partial charge is 0.450 e. The third kappa shape index (κ3) is 2.84. The van der Waals surface area contributed by atoms with Crippen molar-refractivity contribution in [1.29, 1.82) is 0 Å². The van der Waals surface area contributed by atoms with Crippen LogP contribution < -0.4 is 15.7 Å². The molecule has 140 valence electrons. The first-order valence-corrected chi connectivity index (χ1v) is 7.76. The lowest BCUT2D eigenvalue weighted by molar-refractivity contribution is -0.0626. The maximum atomic E-state index is 12.4. The standard InChI is InChI=1S/C16H17N3O6.CH4/c1-23-13-12(21)11(7-20)25-15(13)19-6-10-14(18-16(19)22)17-8-4-2-3-5-9(8)24-10;/h2-6,11-13,15,20-21H,7H2,1H3,(H,17,18,22);1H4. The number of para-hydroxylation sites is 2. The first-order valence-electron chi connectivity index (χ1n) is 7.76. The van der Waals surface area contributed by atoms with E-state index in [0.29, 0.717) is 23.0 Å². The lowest BCUT2D eigenvalue weighted by atomic mass is 10.1. The van der Waals surface area contributed by atoms with Crippen LogP contribution in [0.2, 0.25) is 0 Å². The lowest BCUT2D eigenvalue weighted by Gasteiger charge is -2.24. The minimum Gasteiger partial charge on any atom is -0.450 e. The van der Waals surface area contributed by atoms with Crippen molar-refractivity contribution in [3.05, 3.63) is 40.9 Å². The highest BCUT2D eigenvalue weighted by Gasteiger charge is 2.45. The third-order valence-electron chi connectivity index (χ3n) is 4.32. The van der Waals surface area contributed by atoms with Crippen molar-refractivity contribution in [2.75, 3.05) is 19.0 Å². The molecule has 1 fully saturated rings. The van der Waals surface area contributed by atoms with Crippen molar-refractivity contribution in [2.45, 2.75) is 32.0 Å². The number of anilines is 2. The molecule has 3 N–H and O–H groups in total. The van der Waals surface area contributed by atoms with Gasteiger partial charge in [-0.05, 0) is 12.1 Å². The number of nitrogens with one attached hydrogen (secondary N) is 1. The van der Waals surface area contributed by atoms with E-state index in [1.165, 1.54) is 17.9 Å². The van der Waals surface area contributed by atoms with Gasteiger partial charge in [-0.2, -0.15) is 4.98 Å². The van der Waals surface area contributed by atoms with Crippen molar-refractivity contribution in [1.82, 2.24) is 9.55 Å². The van der Waals surface area contributed by atoms with Gasteiger partial charge in [-0.15, -0.1) is 0 Å². The zero-order valence-electron chi connectivity index (χ0n) is 13.3. The SMILES string of the molecule is C.COC1C(O)C(CO)OC1n1cc2c(nc1=O)Nc1ccccc1O2. The second-order valence-electron chi connectivity index (χ2n) is 5.81. The van der Waals surface area contributed by atoms with Gasteiger partial charge in [0.05, 0.1) is 18.5 Å². The van der Waals surface area contributed by atoms with Gasteiger partial charge in [-0.1, -0.05) is 19.6 Å². The molecule has 26 heavy (non-hydrogen) atoms. The molecular weight excluding hydrogens is 342 g/mol. The van der Waals surface area contributed by atoms with Crippen LogP contribution in [0.25, 0.3) is 0 Å². The highest BCUT2D eigenvalue weighted by Crippen LogP contribution is 2.40. The zero-order valence-corrected chi connectivity index (χ0v) is 13.3. The first-order chi connectivity index (χ1) is 12.1. The molecule has 0 bridgehead atoms. The van der Waals surface area contributed by atoms with Crippen molar-refractivity contribution in [2.24, 2.45) is 0 Å². The van der Waals surface area contributed by atoms with Crippen LogP contribution in [0, 0.1) is 0 Å². The molecular formula is C17H21N3O6. The summed E-state index contributed by atoms with van der Waals surface area (Å²) in [6.45, 7) is -0.393. The van der Waals surface area contributed by atoms with Crippen LogP contribution in [0.5, 0.6) is 11.5 Å². The van der Waals surface area contributed by atoms with Gasteiger partial charge in [0.1, 0.15) is 18.3 Å². The van der Waals surface area contributed by atoms with E-state index in [1.807, 2.05) is 18.2 Å². The van der Waals surface area contributed by atoms with Gasteiger partial charge >= 0.3 is 5.69 Å². The molecule has 9 nitrogen and oxygen atoms in total. The van der Waals surface area contributed by atoms with Crippen molar-refractivity contribution in [3.63, 3.8) is 0 Å². The van der Waals surface area contributed by atoms with Crippen LogP contribution >= 0.6 is 0 Å². The number of methoxy groups -OCH3 is 1. The number of fused-ring (bicyclic) bond motifs is 2. The van der Waals surface area contributed by atoms with Crippen LogP contribution in [-0.2, 0) is 9.47 Å². The summed E-state index contributed by atoms with van der Waals surface area (Å²) in [7, 11) is 1.40. The normalized spacial score (nSPS) is 26.1. The Morgan fingerprint density at radius 1 is 1.35 bits per heavy atom. The molecule has 3 heterocycles. The minimum absolute atomic E-state index is 0. The van der Waals surface area contributed by atoms with Crippen molar-refractivity contribution >= 4 is 11.5 Å². The molecule has 4 atom stereocenters. The van der Waals surface area contributed by atoms with Crippen LogP contribution in [0.15, 0.2) is 35.3 Å². The smallest absolute Gasteiger partial charge is 0.351 e. The Kier molecular flexibility index (Phi) is 4.97. The monoisotopic (exact) mass is 363 g/mol. The minimum atomic E-state index is -1.07. The Bertz CT molecular complexity index is 855. The molecule has 1 saturated heterocycles. The van der Waals surface area contributed by atoms with Gasteiger partial charge in [0.25, 0.3) is 0 Å². The molecule has 0 radical (unpaired) electrons. The fraction of sp³-hybridized carbons (Fsp3) is 0.412. The summed E-state index contributed by atoms with van der Waals surface area (Å²) in [5.41, 5.74) is 0.120. The van der Waals surface area contributed by atoms with E-state index in [2.05, 4.69) is 10.3 Å². The fourth-order valence-electron chi connectivity index (χ4n) is 3.05. The summed E-state index contributed by atoms with van der Waals surface area (Å²) in [4.78, 5) is 16.4. The molecule has 2 aliphatic heterocycles. The zero-order chi connectivity index (χ0) is 17.6. The summed E-state index contributed by atoms with van der Waals surface area (Å²) < 4.78 is 17.8. The average molecular weight is 363 g/mol. The van der Waals surface area contributed by atoms with Gasteiger partial charge in [0, 0.05) is 7.11 Å². The quantitative estimate of drug-likeness (QED) is 0.631. The maximum absolute atomic E-state index is 12.4. The third-order valence-corrected chi connectivity index (χ3v) is 4.32. The fourth-order valence-corrected chi connectivity index (χ4v) is 3.05. The molecule has 2 aliphatic rings. The van der Waals surface area contributed by atoms with Gasteiger partial charge < -0.3 is 29.7 Å². The van der Waals surface area contributed by atoms with E-state index in [4.69, 9.17) is 14.2 Å². The molecule has 9 heteroatoms. The van der Waals surface area contributed by atoms with Crippen LogP contribution in [0.1, 0.15) is 13.7 Å². The predicted octanol–water partition coefficient (Wildman–Crippen LogP) is 0.994. The molecule has 4 rings (SSSR count). The predicted molar refractivity (Wildman–Crippen MR) is 92.8 cm³/mol. The van der Waals surface area contributed by atoms with E-state index >= 15 is 0 Å². The van der Waals surface area contributed by atoms with E-state index < -0.39 is 36.8 Å².